The molecule has 0 bridgehead atoms. The molecular formula is C35H43N3O7. The van der Waals surface area contributed by atoms with Crippen molar-refractivity contribution in [3.05, 3.63) is 99.1 Å². The Labute approximate surface area is 264 Å². The van der Waals surface area contributed by atoms with Gasteiger partial charge in [-0.2, -0.15) is 0 Å². The Bertz CT molecular complexity index is 1460. The van der Waals surface area contributed by atoms with Gasteiger partial charge in [-0.1, -0.05) is 51.5 Å². The number of carboxylic acid groups (broad SMARTS) is 1. The van der Waals surface area contributed by atoms with Gasteiger partial charge in [-0.3, -0.25) is 14.9 Å². The molecule has 4 rings (SSSR count). The molecule has 0 radical (unpaired) electrons. The lowest BCUT2D eigenvalue weighted by Crippen LogP contribution is -2.37. The van der Waals surface area contributed by atoms with E-state index in [0.29, 0.717) is 42.2 Å². The third kappa shape index (κ3) is 9.52. The van der Waals surface area contributed by atoms with Crippen LogP contribution in [0.25, 0.3) is 0 Å². The molecule has 1 amide bonds. The summed E-state index contributed by atoms with van der Waals surface area (Å²) in [6.45, 7) is 7.66. The Hall–Kier alpha value is -4.44. The first-order chi connectivity index (χ1) is 21.5. The summed E-state index contributed by atoms with van der Waals surface area (Å²) in [5.41, 5.74) is 3.39. The second-order valence-corrected chi connectivity index (χ2v) is 12.3. The summed E-state index contributed by atoms with van der Waals surface area (Å²) in [4.78, 5) is 36.7. The van der Waals surface area contributed by atoms with Crippen molar-refractivity contribution in [3.63, 3.8) is 0 Å². The summed E-state index contributed by atoms with van der Waals surface area (Å²) in [5, 5.41) is 23.5. The number of nitrogens with zero attached hydrogens (tertiary/aromatic N) is 2. The summed E-state index contributed by atoms with van der Waals surface area (Å²) in [6, 6.07) is 18.6. The number of nitrogens with one attached hydrogen (secondary N) is 1. The molecule has 1 aliphatic rings. The van der Waals surface area contributed by atoms with Crippen LogP contribution >= 0.6 is 0 Å². The highest BCUT2D eigenvalue weighted by atomic mass is 16.6. The number of nitro benzene ring substituents is 1. The molecule has 240 valence electrons. The van der Waals surface area contributed by atoms with Crippen molar-refractivity contribution >= 4 is 23.3 Å². The maximum Gasteiger partial charge on any atom is 0.335 e. The number of carbonyl (C=O) groups is 2. The number of hydrogen-bond acceptors (Lipinski definition) is 7. The highest BCUT2D eigenvalue weighted by Gasteiger charge is 2.31. The minimum Gasteiger partial charge on any atom is -0.489 e. The highest BCUT2D eigenvalue weighted by molar-refractivity contribution is 5.87. The van der Waals surface area contributed by atoms with Gasteiger partial charge in [0, 0.05) is 43.5 Å². The molecule has 0 spiro atoms. The number of non-ortho nitro benzene ring substituents is 1. The lowest BCUT2D eigenvalue weighted by molar-refractivity contribution is -0.384. The molecule has 1 saturated carbocycles. The molecule has 10 heteroatoms. The molecule has 3 aromatic carbocycles. The summed E-state index contributed by atoms with van der Waals surface area (Å²) in [7, 11) is 1.89. The molecule has 0 aromatic heterocycles. The third-order valence-corrected chi connectivity index (χ3v) is 8.51. The molecule has 3 aromatic rings. The van der Waals surface area contributed by atoms with E-state index >= 15 is 0 Å². The number of carboxylic acids is 1. The lowest BCUT2D eigenvalue weighted by Gasteiger charge is -2.37. The summed E-state index contributed by atoms with van der Waals surface area (Å²) >= 11 is 0. The highest BCUT2D eigenvalue weighted by Crippen LogP contribution is 2.35. The summed E-state index contributed by atoms with van der Waals surface area (Å²) < 4.78 is 12.1. The maximum absolute atomic E-state index is 12.6. The number of nitro groups is 1. The fourth-order valence-corrected chi connectivity index (χ4v) is 5.80. The van der Waals surface area contributed by atoms with Gasteiger partial charge in [0.2, 0.25) is 5.91 Å². The lowest BCUT2D eigenvalue weighted by atomic mass is 9.75. The Kier molecular flexibility index (Phi) is 11.5. The van der Waals surface area contributed by atoms with Gasteiger partial charge in [-0.05, 0) is 72.1 Å². The first kappa shape index (κ1) is 33.5. The van der Waals surface area contributed by atoms with E-state index in [9.17, 15) is 19.7 Å². The summed E-state index contributed by atoms with van der Waals surface area (Å²) in [6.07, 6.45) is 3.48. The van der Waals surface area contributed by atoms with E-state index in [4.69, 9.17) is 14.6 Å². The zero-order chi connectivity index (χ0) is 32.5. The molecule has 1 aliphatic carbocycles. The topological polar surface area (TPSA) is 131 Å². The molecule has 0 saturated heterocycles. The van der Waals surface area contributed by atoms with Crippen molar-refractivity contribution in [2.45, 2.75) is 65.8 Å². The third-order valence-electron chi connectivity index (χ3n) is 8.51. The minimum atomic E-state index is -1.00. The van der Waals surface area contributed by atoms with Crippen LogP contribution in [0, 0.1) is 27.9 Å². The van der Waals surface area contributed by atoms with Crippen LogP contribution in [-0.4, -0.2) is 41.7 Å². The number of rotatable bonds is 14. The number of hydrogen-bond donors (Lipinski definition) is 2. The van der Waals surface area contributed by atoms with Crippen molar-refractivity contribution < 1.29 is 29.1 Å². The van der Waals surface area contributed by atoms with Crippen molar-refractivity contribution in [3.8, 4) is 5.75 Å². The van der Waals surface area contributed by atoms with Gasteiger partial charge in [-0.15, -0.1) is 0 Å². The Morgan fingerprint density at radius 1 is 1.04 bits per heavy atom. The predicted molar refractivity (Wildman–Crippen MR) is 172 cm³/mol. The summed E-state index contributed by atoms with van der Waals surface area (Å²) in [5.74, 6) is 0.997. The van der Waals surface area contributed by atoms with Crippen LogP contribution in [0.3, 0.4) is 0 Å². The van der Waals surface area contributed by atoms with Crippen molar-refractivity contribution in [1.82, 2.24) is 5.32 Å². The van der Waals surface area contributed by atoms with Gasteiger partial charge < -0.3 is 24.8 Å². The van der Waals surface area contributed by atoms with E-state index in [2.05, 4.69) is 26.1 Å². The quantitative estimate of drug-likeness (QED) is 0.153. The predicted octanol–water partition coefficient (Wildman–Crippen LogP) is 6.60. The zero-order valence-corrected chi connectivity index (χ0v) is 26.4. The first-order valence-electron chi connectivity index (χ1n) is 15.4. The molecule has 45 heavy (non-hydrogen) atoms. The SMILES string of the molecule is CC1CCC(C(C)C)C(OCC(=O)NCc2ccc(N(C)Cc3cc([N+](=O)[O-])ccc3OCc3ccc(C(=O)O)cc3)cc2)C1. The van der Waals surface area contributed by atoms with Crippen LogP contribution in [0.15, 0.2) is 66.7 Å². The number of anilines is 1. The Balaban J connectivity index is 1.32. The molecular weight excluding hydrogens is 574 g/mol. The smallest absolute Gasteiger partial charge is 0.335 e. The van der Waals surface area contributed by atoms with Crippen LogP contribution in [0.5, 0.6) is 5.75 Å². The fourth-order valence-electron chi connectivity index (χ4n) is 5.80. The van der Waals surface area contributed by atoms with Crippen LogP contribution in [0.4, 0.5) is 11.4 Å². The average Bonchev–Trinajstić information content (AvgIpc) is 3.02. The normalized spacial score (nSPS) is 17.9. The van der Waals surface area contributed by atoms with Crippen molar-refractivity contribution in [2.75, 3.05) is 18.6 Å². The largest absolute Gasteiger partial charge is 0.489 e. The molecule has 3 atom stereocenters. The molecule has 1 fully saturated rings. The number of ether oxygens (including phenoxy) is 2. The van der Waals surface area contributed by atoms with E-state index in [1.807, 2.05) is 36.2 Å². The van der Waals surface area contributed by atoms with Gasteiger partial charge in [0.1, 0.15) is 19.0 Å². The van der Waals surface area contributed by atoms with Crippen LogP contribution < -0.4 is 15.0 Å². The van der Waals surface area contributed by atoms with Gasteiger partial charge in [0.05, 0.1) is 16.6 Å². The minimum absolute atomic E-state index is 0.0376. The second-order valence-electron chi connectivity index (χ2n) is 12.3. The fraction of sp³-hybridized carbons (Fsp3) is 0.429. The van der Waals surface area contributed by atoms with Crippen LogP contribution in [0.2, 0.25) is 0 Å². The van der Waals surface area contributed by atoms with E-state index in [1.54, 1.807) is 18.2 Å². The second kappa shape index (κ2) is 15.5. The van der Waals surface area contributed by atoms with Gasteiger partial charge in [0.25, 0.3) is 5.69 Å². The zero-order valence-electron chi connectivity index (χ0n) is 26.4. The van der Waals surface area contributed by atoms with Gasteiger partial charge in [0.15, 0.2) is 0 Å². The van der Waals surface area contributed by atoms with E-state index < -0.39 is 10.9 Å². The van der Waals surface area contributed by atoms with E-state index in [0.717, 1.165) is 29.7 Å². The van der Waals surface area contributed by atoms with Gasteiger partial charge >= 0.3 is 5.97 Å². The number of carbonyl (C=O) groups excluding carboxylic acids is 1. The molecule has 2 N–H and O–H groups in total. The standard InChI is InChI=1S/C35H43N3O7/c1-23(2)31-15-5-24(3)17-33(31)45-22-34(39)36-19-25-8-12-29(13-9-25)37(4)20-28-18-30(38(42)43)14-16-32(28)44-21-26-6-10-27(11-7-26)35(40)41/h6-14,16,18,23-24,31,33H,5,15,17,19-22H2,1-4H3,(H,36,39)(H,40,41). The first-order valence-corrected chi connectivity index (χ1v) is 15.4. The molecule has 3 unspecified atom stereocenters. The molecule has 0 heterocycles. The maximum atomic E-state index is 12.6. The van der Waals surface area contributed by atoms with Crippen LogP contribution in [-0.2, 0) is 29.2 Å². The van der Waals surface area contributed by atoms with Gasteiger partial charge in [-0.25, -0.2) is 4.79 Å². The molecule has 0 aliphatic heterocycles. The number of aromatic carboxylic acids is 1. The molecule has 10 nitrogen and oxygen atoms in total. The van der Waals surface area contributed by atoms with Crippen molar-refractivity contribution in [2.24, 2.45) is 17.8 Å². The van der Waals surface area contributed by atoms with E-state index in [1.165, 1.54) is 30.7 Å². The monoisotopic (exact) mass is 617 g/mol. The Morgan fingerprint density at radius 3 is 2.38 bits per heavy atom. The number of amides is 1. The van der Waals surface area contributed by atoms with Crippen molar-refractivity contribution in [1.29, 1.82) is 0 Å². The number of benzene rings is 3. The Morgan fingerprint density at radius 2 is 1.73 bits per heavy atom. The van der Waals surface area contributed by atoms with E-state index in [-0.39, 0.29) is 36.5 Å². The van der Waals surface area contributed by atoms with Crippen LogP contribution in [0.1, 0.15) is 67.1 Å². The average molecular weight is 618 g/mol.